The van der Waals surface area contributed by atoms with E-state index in [1.165, 1.54) is 31.2 Å². The first-order chi connectivity index (χ1) is 12.2. The van der Waals surface area contributed by atoms with Gasteiger partial charge in [-0.2, -0.15) is 0 Å². The molecule has 1 aliphatic rings. The summed E-state index contributed by atoms with van der Waals surface area (Å²) in [4.78, 5) is 4.31. The van der Waals surface area contributed by atoms with E-state index in [4.69, 9.17) is 9.47 Å². The standard InChI is InChI=1S/C20H33N3O2.HI/c1-4-5-6-7-11-22-20(21-3)23-14-17-9-8-16(2)13-19(17)25-18-10-12-24-15-18;/h8-9,13,18H,4-7,10-12,14-15H2,1-3H3,(H2,21,22,23);1H. The maximum atomic E-state index is 6.15. The molecule has 1 heterocycles. The molecule has 5 nitrogen and oxygen atoms in total. The largest absolute Gasteiger partial charge is 0.488 e. The minimum atomic E-state index is 0. The van der Waals surface area contributed by atoms with Crippen molar-refractivity contribution in [1.29, 1.82) is 0 Å². The van der Waals surface area contributed by atoms with E-state index in [0.29, 0.717) is 13.2 Å². The third kappa shape index (κ3) is 8.12. The lowest BCUT2D eigenvalue weighted by molar-refractivity contribution is 0.140. The second kappa shape index (κ2) is 13.2. The molecule has 0 saturated carbocycles. The number of hydrogen-bond donors (Lipinski definition) is 2. The van der Waals surface area contributed by atoms with E-state index in [9.17, 15) is 0 Å². The van der Waals surface area contributed by atoms with Gasteiger partial charge in [0.2, 0.25) is 0 Å². The van der Waals surface area contributed by atoms with Gasteiger partial charge in [0.05, 0.1) is 13.2 Å². The first-order valence-corrected chi connectivity index (χ1v) is 9.51. The van der Waals surface area contributed by atoms with Crippen LogP contribution in [0.1, 0.15) is 50.2 Å². The molecule has 1 aromatic rings. The van der Waals surface area contributed by atoms with Crippen LogP contribution >= 0.6 is 24.0 Å². The normalized spacial score (nSPS) is 16.9. The van der Waals surface area contributed by atoms with E-state index in [1.807, 2.05) is 7.05 Å². The molecule has 148 valence electrons. The molecule has 1 saturated heterocycles. The highest BCUT2D eigenvalue weighted by Gasteiger charge is 2.18. The summed E-state index contributed by atoms with van der Waals surface area (Å²) in [5.41, 5.74) is 2.35. The summed E-state index contributed by atoms with van der Waals surface area (Å²) < 4.78 is 11.6. The van der Waals surface area contributed by atoms with Crippen LogP contribution in [0.4, 0.5) is 0 Å². The van der Waals surface area contributed by atoms with Crippen molar-refractivity contribution in [3.63, 3.8) is 0 Å². The number of ether oxygens (including phenoxy) is 2. The number of guanidine groups is 1. The van der Waals surface area contributed by atoms with Crippen molar-refractivity contribution in [1.82, 2.24) is 10.6 Å². The van der Waals surface area contributed by atoms with Crippen molar-refractivity contribution < 1.29 is 9.47 Å². The lowest BCUT2D eigenvalue weighted by atomic mass is 10.1. The van der Waals surface area contributed by atoms with Crippen LogP contribution in [-0.4, -0.2) is 38.9 Å². The Kier molecular flexibility index (Phi) is 11.7. The summed E-state index contributed by atoms with van der Waals surface area (Å²) in [6, 6.07) is 6.36. The maximum Gasteiger partial charge on any atom is 0.191 e. The van der Waals surface area contributed by atoms with Crippen LogP contribution in [0.25, 0.3) is 0 Å². The quantitative estimate of drug-likeness (QED) is 0.245. The lowest BCUT2D eigenvalue weighted by Gasteiger charge is -2.18. The topological polar surface area (TPSA) is 54.9 Å². The fourth-order valence-corrected chi connectivity index (χ4v) is 2.86. The van der Waals surface area contributed by atoms with Gasteiger partial charge in [-0.1, -0.05) is 38.3 Å². The number of halogens is 1. The summed E-state index contributed by atoms with van der Waals surface area (Å²) in [6.07, 6.45) is 6.12. The van der Waals surface area contributed by atoms with Gasteiger partial charge in [0.25, 0.3) is 0 Å². The van der Waals surface area contributed by atoms with Gasteiger partial charge in [-0.05, 0) is 25.0 Å². The highest BCUT2D eigenvalue weighted by molar-refractivity contribution is 14.0. The first-order valence-electron chi connectivity index (χ1n) is 9.51. The lowest BCUT2D eigenvalue weighted by Crippen LogP contribution is -2.37. The zero-order valence-electron chi connectivity index (χ0n) is 16.3. The molecular weight excluding hydrogens is 441 g/mol. The fourth-order valence-electron chi connectivity index (χ4n) is 2.86. The average Bonchev–Trinajstić information content (AvgIpc) is 3.12. The molecule has 0 amide bonds. The molecule has 1 atom stereocenters. The molecule has 1 aliphatic heterocycles. The minimum absolute atomic E-state index is 0. The van der Waals surface area contributed by atoms with E-state index >= 15 is 0 Å². The molecule has 0 aliphatic carbocycles. The number of aryl methyl sites for hydroxylation is 1. The van der Waals surface area contributed by atoms with Gasteiger partial charge in [0.1, 0.15) is 11.9 Å². The van der Waals surface area contributed by atoms with E-state index in [-0.39, 0.29) is 30.1 Å². The highest BCUT2D eigenvalue weighted by atomic mass is 127. The van der Waals surface area contributed by atoms with E-state index in [2.05, 4.69) is 47.7 Å². The van der Waals surface area contributed by atoms with Gasteiger partial charge in [0.15, 0.2) is 5.96 Å². The van der Waals surface area contributed by atoms with Crippen molar-refractivity contribution in [2.45, 2.75) is 58.6 Å². The Balaban J connectivity index is 0.00000338. The number of unbranched alkanes of at least 4 members (excludes halogenated alkanes) is 3. The number of rotatable bonds is 9. The smallest absolute Gasteiger partial charge is 0.191 e. The second-order valence-corrected chi connectivity index (χ2v) is 6.63. The number of benzene rings is 1. The van der Waals surface area contributed by atoms with Crippen LogP contribution in [0.2, 0.25) is 0 Å². The molecule has 2 N–H and O–H groups in total. The molecule has 26 heavy (non-hydrogen) atoms. The van der Waals surface area contributed by atoms with Gasteiger partial charge >= 0.3 is 0 Å². The van der Waals surface area contributed by atoms with Crippen LogP contribution in [0.5, 0.6) is 5.75 Å². The number of nitrogens with zero attached hydrogens (tertiary/aromatic N) is 1. The van der Waals surface area contributed by atoms with Crippen molar-refractivity contribution in [2.24, 2.45) is 4.99 Å². The fraction of sp³-hybridized carbons (Fsp3) is 0.650. The number of nitrogens with one attached hydrogen (secondary N) is 2. The molecule has 0 aromatic heterocycles. The van der Waals surface area contributed by atoms with Gasteiger partial charge in [-0.3, -0.25) is 4.99 Å². The van der Waals surface area contributed by atoms with E-state index in [1.54, 1.807) is 0 Å². The van der Waals surface area contributed by atoms with Gasteiger partial charge < -0.3 is 20.1 Å². The Hall–Kier alpha value is -1.02. The summed E-state index contributed by atoms with van der Waals surface area (Å²) in [5.74, 6) is 1.79. The van der Waals surface area contributed by atoms with Crippen molar-refractivity contribution in [2.75, 3.05) is 26.8 Å². The molecule has 1 fully saturated rings. The predicted octanol–water partition coefficient (Wildman–Crippen LogP) is 4.03. The minimum Gasteiger partial charge on any atom is -0.488 e. The van der Waals surface area contributed by atoms with Crippen LogP contribution in [0.15, 0.2) is 23.2 Å². The zero-order chi connectivity index (χ0) is 17.9. The summed E-state index contributed by atoms with van der Waals surface area (Å²) in [7, 11) is 1.81. The van der Waals surface area contributed by atoms with E-state index < -0.39 is 0 Å². The Labute approximate surface area is 175 Å². The third-order valence-electron chi connectivity index (χ3n) is 4.40. The average molecular weight is 475 g/mol. The third-order valence-corrected chi connectivity index (χ3v) is 4.40. The van der Waals surface area contributed by atoms with Crippen LogP contribution in [0, 0.1) is 6.92 Å². The van der Waals surface area contributed by atoms with Crippen molar-refractivity contribution >= 4 is 29.9 Å². The zero-order valence-corrected chi connectivity index (χ0v) is 18.7. The molecule has 6 heteroatoms. The Morgan fingerprint density at radius 1 is 1.27 bits per heavy atom. The second-order valence-electron chi connectivity index (χ2n) is 6.63. The summed E-state index contributed by atoms with van der Waals surface area (Å²) >= 11 is 0. The molecule has 1 aromatic carbocycles. The molecule has 1 unspecified atom stereocenters. The molecule has 0 radical (unpaired) electrons. The van der Waals surface area contributed by atoms with Crippen molar-refractivity contribution in [3.05, 3.63) is 29.3 Å². The van der Waals surface area contributed by atoms with Crippen LogP contribution < -0.4 is 15.4 Å². The predicted molar refractivity (Wildman–Crippen MR) is 119 cm³/mol. The Morgan fingerprint density at radius 3 is 2.81 bits per heavy atom. The first kappa shape index (κ1) is 23.0. The summed E-state index contributed by atoms with van der Waals surface area (Å²) in [5, 5.41) is 6.77. The molecular formula is C20H34IN3O2. The number of aliphatic imine (C=N–C) groups is 1. The molecule has 0 spiro atoms. The number of hydrogen-bond acceptors (Lipinski definition) is 3. The Bertz CT molecular complexity index is 546. The SMILES string of the molecule is CCCCCCNC(=NC)NCc1ccc(C)cc1OC1CCOC1.I. The van der Waals surface area contributed by atoms with Crippen molar-refractivity contribution in [3.8, 4) is 5.75 Å². The Morgan fingerprint density at radius 2 is 2.12 bits per heavy atom. The highest BCUT2D eigenvalue weighted by Crippen LogP contribution is 2.23. The van der Waals surface area contributed by atoms with Crippen LogP contribution in [-0.2, 0) is 11.3 Å². The molecule has 2 rings (SSSR count). The maximum absolute atomic E-state index is 6.15. The van der Waals surface area contributed by atoms with Gasteiger partial charge in [-0.25, -0.2) is 0 Å². The molecule has 0 bridgehead atoms. The van der Waals surface area contributed by atoms with Crippen LogP contribution in [0.3, 0.4) is 0 Å². The summed E-state index contributed by atoms with van der Waals surface area (Å²) in [6.45, 7) is 7.44. The van der Waals surface area contributed by atoms with Gasteiger partial charge in [0, 0.05) is 32.1 Å². The monoisotopic (exact) mass is 475 g/mol. The van der Waals surface area contributed by atoms with Gasteiger partial charge in [-0.15, -0.1) is 24.0 Å². The van der Waals surface area contributed by atoms with E-state index in [0.717, 1.165) is 36.8 Å².